The van der Waals surface area contributed by atoms with Crippen LogP contribution >= 0.6 is 0 Å². The highest BCUT2D eigenvalue weighted by atomic mass is 16.5. The number of methoxy groups -OCH3 is 1. The molecule has 6 heteroatoms. The first-order valence-corrected chi connectivity index (χ1v) is 5.53. The second kappa shape index (κ2) is 7.29. The van der Waals surface area contributed by atoms with Crippen molar-refractivity contribution in [1.82, 2.24) is 10.6 Å². The average Bonchev–Trinajstić information content (AvgIpc) is 2.37. The SMILES string of the molecule is COCCNC(=O)NCc1cccc(C(N)=O)c1. The largest absolute Gasteiger partial charge is 0.383 e. The van der Waals surface area contributed by atoms with E-state index < -0.39 is 5.91 Å². The molecule has 18 heavy (non-hydrogen) atoms. The van der Waals surface area contributed by atoms with E-state index in [0.717, 1.165) is 5.56 Å². The number of primary amides is 1. The van der Waals surface area contributed by atoms with E-state index in [0.29, 0.717) is 25.3 Å². The van der Waals surface area contributed by atoms with Gasteiger partial charge in [-0.3, -0.25) is 4.79 Å². The maximum absolute atomic E-state index is 11.3. The highest BCUT2D eigenvalue weighted by Crippen LogP contribution is 2.04. The van der Waals surface area contributed by atoms with Crippen LogP contribution in [0.2, 0.25) is 0 Å². The van der Waals surface area contributed by atoms with Gasteiger partial charge >= 0.3 is 6.03 Å². The number of carbonyl (C=O) groups is 2. The fourth-order valence-electron chi connectivity index (χ4n) is 1.35. The van der Waals surface area contributed by atoms with Crippen LogP contribution in [0.5, 0.6) is 0 Å². The number of rotatable bonds is 6. The third-order valence-electron chi connectivity index (χ3n) is 2.26. The van der Waals surface area contributed by atoms with Gasteiger partial charge in [0.15, 0.2) is 0 Å². The molecule has 0 aliphatic heterocycles. The molecule has 1 rings (SSSR count). The molecule has 0 aliphatic carbocycles. The number of ether oxygens (including phenoxy) is 1. The van der Waals surface area contributed by atoms with Crippen LogP contribution in [0.25, 0.3) is 0 Å². The van der Waals surface area contributed by atoms with Crippen LogP contribution in [0.3, 0.4) is 0 Å². The first-order chi connectivity index (χ1) is 8.63. The van der Waals surface area contributed by atoms with Gasteiger partial charge in [-0.2, -0.15) is 0 Å². The number of nitrogens with two attached hydrogens (primary N) is 1. The third-order valence-corrected chi connectivity index (χ3v) is 2.26. The minimum absolute atomic E-state index is 0.281. The lowest BCUT2D eigenvalue weighted by Gasteiger charge is -2.07. The van der Waals surface area contributed by atoms with Crippen LogP contribution < -0.4 is 16.4 Å². The van der Waals surface area contributed by atoms with E-state index in [2.05, 4.69) is 10.6 Å². The minimum Gasteiger partial charge on any atom is -0.383 e. The molecule has 0 bridgehead atoms. The van der Waals surface area contributed by atoms with E-state index in [1.165, 1.54) is 0 Å². The molecule has 1 aromatic rings. The zero-order valence-corrected chi connectivity index (χ0v) is 10.2. The van der Waals surface area contributed by atoms with Crippen molar-refractivity contribution in [2.45, 2.75) is 6.54 Å². The highest BCUT2D eigenvalue weighted by molar-refractivity contribution is 5.92. The molecule has 6 nitrogen and oxygen atoms in total. The Kier molecular flexibility index (Phi) is 5.66. The Morgan fingerprint density at radius 3 is 2.78 bits per heavy atom. The summed E-state index contributed by atoms with van der Waals surface area (Å²) in [5, 5.41) is 5.29. The molecule has 0 saturated carbocycles. The lowest BCUT2D eigenvalue weighted by Crippen LogP contribution is -2.36. The van der Waals surface area contributed by atoms with Crippen LogP contribution in [-0.4, -0.2) is 32.2 Å². The summed E-state index contributed by atoms with van der Waals surface area (Å²) in [6, 6.07) is 6.53. The second-order valence-corrected chi connectivity index (χ2v) is 3.67. The molecule has 0 fully saturated rings. The molecule has 98 valence electrons. The molecule has 0 unspecified atom stereocenters. The monoisotopic (exact) mass is 251 g/mol. The van der Waals surface area contributed by atoms with Gasteiger partial charge in [0.1, 0.15) is 0 Å². The zero-order valence-electron chi connectivity index (χ0n) is 10.2. The fourth-order valence-corrected chi connectivity index (χ4v) is 1.35. The summed E-state index contributed by atoms with van der Waals surface area (Å²) in [6.07, 6.45) is 0. The highest BCUT2D eigenvalue weighted by Gasteiger charge is 2.03. The van der Waals surface area contributed by atoms with E-state index in [9.17, 15) is 9.59 Å². The number of nitrogens with one attached hydrogen (secondary N) is 2. The van der Waals surface area contributed by atoms with Crippen molar-refractivity contribution in [2.75, 3.05) is 20.3 Å². The molecule has 1 aromatic carbocycles. The Balaban J connectivity index is 2.41. The Morgan fingerprint density at radius 1 is 1.33 bits per heavy atom. The summed E-state index contributed by atoms with van der Waals surface area (Å²) in [4.78, 5) is 22.3. The van der Waals surface area contributed by atoms with Crippen molar-refractivity contribution in [3.05, 3.63) is 35.4 Å². The smallest absolute Gasteiger partial charge is 0.315 e. The Hall–Kier alpha value is -2.08. The van der Waals surface area contributed by atoms with Crippen LogP contribution in [-0.2, 0) is 11.3 Å². The van der Waals surface area contributed by atoms with Gasteiger partial charge in [0.05, 0.1) is 6.61 Å². The van der Waals surface area contributed by atoms with Gasteiger partial charge in [0.2, 0.25) is 5.91 Å². The first kappa shape index (κ1) is 14.0. The summed E-state index contributed by atoms with van der Waals surface area (Å²) in [5.41, 5.74) is 6.41. The lowest BCUT2D eigenvalue weighted by atomic mass is 10.1. The van der Waals surface area contributed by atoms with Gasteiger partial charge in [0, 0.05) is 25.8 Å². The zero-order chi connectivity index (χ0) is 13.4. The van der Waals surface area contributed by atoms with E-state index >= 15 is 0 Å². The fraction of sp³-hybridized carbons (Fsp3) is 0.333. The van der Waals surface area contributed by atoms with Gasteiger partial charge in [-0.05, 0) is 17.7 Å². The number of benzene rings is 1. The van der Waals surface area contributed by atoms with Gasteiger partial charge in [-0.25, -0.2) is 4.79 Å². The van der Waals surface area contributed by atoms with E-state index in [1.54, 1.807) is 25.3 Å². The van der Waals surface area contributed by atoms with Crippen LogP contribution in [0.4, 0.5) is 4.79 Å². The summed E-state index contributed by atoms with van der Waals surface area (Å²) < 4.78 is 4.80. The molecule has 0 heterocycles. The van der Waals surface area contributed by atoms with Gasteiger partial charge in [0.25, 0.3) is 0 Å². The minimum atomic E-state index is -0.485. The molecule has 0 aromatic heterocycles. The molecular formula is C12H17N3O3. The molecule has 0 aliphatic rings. The Bertz CT molecular complexity index is 421. The Labute approximate surface area is 105 Å². The number of amides is 3. The predicted octanol–water partition coefficient (Wildman–Crippen LogP) is 0.231. The van der Waals surface area contributed by atoms with Crippen molar-refractivity contribution in [2.24, 2.45) is 5.73 Å². The summed E-state index contributed by atoms with van der Waals surface area (Å²) in [5.74, 6) is -0.485. The molecule has 0 radical (unpaired) electrons. The Morgan fingerprint density at radius 2 is 2.11 bits per heavy atom. The van der Waals surface area contributed by atoms with Gasteiger partial charge < -0.3 is 21.1 Å². The van der Waals surface area contributed by atoms with Gasteiger partial charge in [-0.15, -0.1) is 0 Å². The van der Waals surface area contributed by atoms with Crippen molar-refractivity contribution in [3.63, 3.8) is 0 Å². The van der Waals surface area contributed by atoms with Crippen LogP contribution in [0.15, 0.2) is 24.3 Å². The average molecular weight is 251 g/mol. The van der Waals surface area contributed by atoms with Crippen molar-refractivity contribution in [3.8, 4) is 0 Å². The standard InChI is InChI=1S/C12H17N3O3/c1-18-6-5-14-12(17)15-8-9-3-2-4-10(7-9)11(13)16/h2-4,7H,5-6,8H2,1H3,(H2,13,16)(H2,14,15,17). The van der Waals surface area contributed by atoms with E-state index in [-0.39, 0.29) is 6.03 Å². The quantitative estimate of drug-likeness (QED) is 0.632. The molecule has 4 N–H and O–H groups in total. The number of hydrogen-bond acceptors (Lipinski definition) is 3. The number of hydrogen-bond donors (Lipinski definition) is 3. The maximum atomic E-state index is 11.3. The van der Waals surface area contributed by atoms with Crippen LogP contribution in [0, 0.1) is 0 Å². The lowest BCUT2D eigenvalue weighted by molar-refractivity contribution is 0.1000. The molecule has 0 saturated heterocycles. The molecular weight excluding hydrogens is 234 g/mol. The summed E-state index contributed by atoms with van der Waals surface area (Å²) in [7, 11) is 1.56. The predicted molar refractivity (Wildman–Crippen MR) is 67.1 cm³/mol. The second-order valence-electron chi connectivity index (χ2n) is 3.67. The topological polar surface area (TPSA) is 93.4 Å². The van der Waals surface area contributed by atoms with Crippen molar-refractivity contribution >= 4 is 11.9 Å². The van der Waals surface area contributed by atoms with Gasteiger partial charge in [-0.1, -0.05) is 12.1 Å². The van der Waals surface area contributed by atoms with Crippen LogP contribution in [0.1, 0.15) is 15.9 Å². The third kappa shape index (κ3) is 4.84. The summed E-state index contributed by atoms with van der Waals surface area (Å²) >= 11 is 0. The van der Waals surface area contributed by atoms with E-state index in [1.807, 2.05) is 6.07 Å². The molecule has 0 atom stereocenters. The maximum Gasteiger partial charge on any atom is 0.315 e. The van der Waals surface area contributed by atoms with E-state index in [4.69, 9.17) is 10.5 Å². The number of carbonyl (C=O) groups excluding carboxylic acids is 2. The molecule has 3 amide bonds. The van der Waals surface area contributed by atoms with Crippen molar-refractivity contribution in [1.29, 1.82) is 0 Å². The number of urea groups is 1. The summed E-state index contributed by atoms with van der Waals surface area (Å²) in [6.45, 7) is 1.24. The normalized spacial score (nSPS) is 9.83. The van der Waals surface area contributed by atoms with Crippen molar-refractivity contribution < 1.29 is 14.3 Å². The first-order valence-electron chi connectivity index (χ1n) is 5.53. The molecule has 0 spiro atoms.